The molecule has 0 radical (unpaired) electrons. The first-order chi connectivity index (χ1) is 7.65. The van der Waals surface area contributed by atoms with Crippen molar-refractivity contribution in [2.24, 2.45) is 0 Å². The summed E-state index contributed by atoms with van der Waals surface area (Å²) >= 11 is 0. The van der Waals surface area contributed by atoms with Gasteiger partial charge >= 0.3 is 5.97 Å². The molecule has 0 unspecified atom stereocenters. The zero-order chi connectivity index (χ0) is 11.7. The van der Waals surface area contributed by atoms with E-state index in [1.165, 1.54) is 13.3 Å². The maximum atomic E-state index is 11.6. The average molecular weight is 221 g/mol. The first-order valence-corrected chi connectivity index (χ1v) is 5.23. The monoisotopic (exact) mass is 221 g/mol. The standard InChI is InChI=1S/C11H15N3O2/c1-7-8(12)6-13-9(11(15)16-2)10(7)14-4-3-5-14/h6H,3-5,12H2,1-2H3. The topological polar surface area (TPSA) is 68.4 Å². The van der Waals surface area contributed by atoms with Gasteiger partial charge in [0.15, 0.2) is 5.69 Å². The van der Waals surface area contributed by atoms with Crippen LogP contribution in [-0.4, -0.2) is 31.2 Å². The maximum absolute atomic E-state index is 11.6. The van der Waals surface area contributed by atoms with Crippen molar-refractivity contribution in [2.75, 3.05) is 30.8 Å². The molecule has 5 heteroatoms. The number of carbonyl (C=O) groups excluding carboxylic acids is 1. The fourth-order valence-corrected chi connectivity index (χ4v) is 1.78. The molecule has 0 bridgehead atoms. The van der Waals surface area contributed by atoms with Crippen LogP contribution in [0.5, 0.6) is 0 Å². The Morgan fingerprint density at radius 2 is 2.25 bits per heavy atom. The molecule has 0 amide bonds. The normalized spacial score (nSPS) is 14.5. The van der Waals surface area contributed by atoms with E-state index in [0.717, 1.165) is 30.8 Å². The Bertz CT molecular complexity index is 427. The van der Waals surface area contributed by atoms with Crippen molar-refractivity contribution in [3.05, 3.63) is 17.5 Å². The molecule has 5 nitrogen and oxygen atoms in total. The fraction of sp³-hybridized carbons (Fsp3) is 0.455. The fourth-order valence-electron chi connectivity index (χ4n) is 1.78. The van der Waals surface area contributed by atoms with Gasteiger partial charge in [-0.25, -0.2) is 9.78 Å². The van der Waals surface area contributed by atoms with Crippen LogP contribution in [0.1, 0.15) is 22.5 Å². The van der Waals surface area contributed by atoms with Gasteiger partial charge in [-0.2, -0.15) is 0 Å². The van der Waals surface area contributed by atoms with Gasteiger partial charge in [-0.05, 0) is 18.9 Å². The molecular weight excluding hydrogens is 206 g/mol. The summed E-state index contributed by atoms with van der Waals surface area (Å²) in [7, 11) is 1.36. The van der Waals surface area contributed by atoms with E-state index in [1.54, 1.807) is 0 Å². The molecule has 1 aromatic heterocycles. The van der Waals surface area contributed by atoms with Crippen LogP contribution >= 0.6 is 0 Å². The zero-order valence-corrected chi connectivity index (χ0v) is 9.49. The highest BCUT2D eigenvalue weighted by atomic mass is 16.5. The summed E-state index contributed by atoms with van der Waals surface area (Å²) in [6, 6.07) is 0. The van der Waals surface area contributed by atoms with Gasteiger partial charge in [-0.3, -0.25) is 0 Å². The SMILES string of the molecule is COC(=O)c1ncc(N)c(C)c1N1CCC1. The molecule has 86 valence electrons. The van der Waals surface area contributed by atoms with Crippen LogP contribution in [0.15, 0.2) is 6.20 Å². The molecule has 0 spiro atoms. The summed E-state index contributed by atoms with van der Waals surface area (Å²) in [5.41, 5.74) is 8.48. The van der Waals surface area contributed by atoms with Crippen LogP contribution in [-0.2, 0) is 4.74 Å². The van der Waals surface area contributed by atoms with Gasteiger partial charge in [0.05, 0.1) is 24.7 Å². The summed E-state index contributed by atoms with van der Waals surface area (Å²) < 4.78 is 4.72. The predicted octanol–water partition coefficient (Wildman–Crippen LogP) is 0.969. The number of esters is 1. The van der Waals surface area contributed by atoms with E-state index >= 15 is 0 Å². The van der Waals surface area contributed by atoms with Crippen molar-refractivity contribution in [1.82, 2.24) is 4.98 Å². The van der Waals surface area contributed by atoms with E-state index in [4.69, 9.17) is 10.5 Å². The number of pyridine rings is 1. The van der Waals surface area contributed by atoms with E-state index in [1.807, 2.05) is 6.92 Å². The van der Waals surface area contributed by atoms with Gasteiger partial charge in [0.1, 0.15) is 0 Å². The third-order valence-electron chi connectivity index (χ3n) is 2.90. The zero-order valence-electron chi connectivity index (χ0n) is 9.49. The number of nitrogen functional groups attached to an aromatic ring is 1. The van der Waals surface area contributed by atoms with Crippen molar-refractivity contribution in [2.45, 2.75) is 13.3 Å². The van der Waals surface area contributed by atoms with Crippen LogP contribution in [0.3, 0.4) is 0 Å². The largest absolute Gasteiger partial charge is 0.464 e. The molecule has 0 aliphatic carbocycles. The van der Waals surface area contributed by atoms with Crippen LogP contribution < -0.4 is 10.6 Å². The lowest BCUT2D eigenvalue weighted by Crippen LogP contribution is -2.39. The van der Waals surface area contributed by atoms with E-state index in [2.05, 4.69) is 9.88 Å². The van der Waals surface area contributed by atoms with Crippen molar-refractivity contribution in [1.29, 1.82) is 0 Å². The van der Waals surface area contributed by atoms with Gasteiger partial charge in [0.2, 0.25) is 0 Å². The van der Waals surface area contributed by atoms with Gasteiger partial charge in [0, 0.05) is 13.1 Å². The number of carbonyl (C=O) groups is 1. The number of ether oxygens (including phenoxy) is 1. The number of methoxy groups -OCH3 is 1. The summed E-state index contributed by atoms with van der Waals surface area (Å²) in [5, 5.41) is 0. The van der Waals surface area contributed by atoms with Gasteiger partial charge < -0.3 is 15.4 Å². The molecule has 16 heavy (non-hydrogen) atoms. The Hall–Kier alpha value is -1.78. The number of hydrogen-bond acceptors (Lipinski definition) is 5. The molecule has 1 aromatic rings. The van der Waals surface area contributed by atoms with Crippen molar-refractivity contribution < 1.29 is 9.53 Å². The molecular formula is C11H15N3O2. The van der Waals surface area contributed by atoms with Crippen molar-refractivity contribution in [3.63, 3.8) is 0 Å². The van der Waals surface area contributed by atoms with Crippen molar-refractivity contribution >= 4 is 17.3 Å². The second kappa shape index (κ2) is 4.00. The molecule has 0 atom stereocenters. The highest BCUT2D eigenvalue weighted by Gasteiger charge is 2.25. The van der Waals surface area contributed by atoms with Crippen LogP contribution in [0.4, 0.5) is 11.4 Å². The molecule has 1 fully saturated rings. The number of anilines is 2. The van der Waals surface area contributed by atoms with Gasteiger partial charge in [0.25, 0.3) is 0 Å². The molecule has 1 saturated heterocycles. The predicted molar refractivity (Wildman–Crippen MR) is 61.6 cm³/mol. The first kappa shape index (κ1) is 10.7. The third-order valence-corrected chi connectivity index (χ3v) is 2.90. The number of hydrogen-bond donors (Lipinski definition) is 1. The van der Waals surface area contributed by atoms with E-state index < -0.39 is 5.97 Å². The van der Waals surface area contributed by atoms with E-state index in [9.17, 15) is 4.79 Å². The minimum atomic E-state index is -0.412. The minimum Gasteiger partial charge on any atom is -0.464 e. The van der Waals surface area contributed by atoms with Gasteiger partial charge in [-0.1, -0.05) is 0 Å². The lowest BCUT2D eigenvalue weighted by Gasteiger charge is -2.35. The lowest BCUT2D eigenvalue weighted by atomic mass is 10.1. The molecule has 1 aliphatic heterocycles. The Balaban J connectivity index is 2.50. The molecule has 1 aliphatic rings. The second-order valence-corrected chi connectivity index (χ2v) is 3.87. The quantitative estimate of drug-likeness (QED) is 0.753. The van der Waals surface area contributed by atoms with E-state index in [0.29, 0.717) is 11.4 Å². The number of aromatic nitrogens is 1. The Morgan fingerprint density at radius 1 is 1.56 bits per heavy atom. The molecule has 2 heterocycles. The summed E-state index contributed by atoms with van der Waals surface area (Å²) in [5.74, 6) is -0.412. The smallest absolute Gasteiger partial charge is 0.358 e. The number of rotatable bonds is 2. The molecule has 2 rings (SSSR count). The Morgan fingerprint density at radius 3 is 2.75 bits per heavy atom. The first-order valence-electron chi connectivity index (χ1n) is 5.23. The van der Waals surface area contributed by atoms with Crippen LogP contribution in [0.25, 0.3) is 0 Å². The summed E-state index contributed by atoms with van der Waals surface area (Å²) in [4.78, 5) is 17.8. The Labute approximate surface area is 94.2 Å². The third kappa shape index (κ3) is 1.58. The highest BCUT2D eigenvalue weighted by molar-refractivity contribution is 5.95. The second-order valence-electron chi connectivity index (χ2n) is 3.87. The molecule has 0 aromatic carbocycles. The van der Waals surface area contributed by atoms with E-state index in [-0.39, 0.29) is 0 Å². The summed E-state index contributed by atoms with van der Waals surface area (Å²) in [6.07, 6.45) is 2.64. The number of nitrogens with zero attached hydrogens (tertiary/aromatic N) is 2. The molecule has 0 saturated carbocycles. The highest BCUT2D eigenvalue weighted by Crippen LogP contribution is 2.31. The van der Waals surface area contributed by atoms with Crippen LogP contribution in [0, 0.1) is 6.92 Å². The van der Waals surface area contributed by atoms with Gasteiger partial charge in [-0.15, -0.1) is 0 Å². The molecule has 2 N–H and O–H groups in total. The number of nitrogens with two attached hydrogens (primary N) is 1. The van der Waals surface area contributed by atoms with Crippen LogP contribution in [0.2, 0.25) is 0 Å². The maximum Gasteiger partial charge on any atom is 0.358 e. The lowest BCUT2D eigenvalue weighted by molar-refractivity contribution is 0.0594. The van der Waals surface area contributed by atoms with Crippen molar-refractivity contribution in [3.8, 4) is 0 Å². The summed E-state index contributed by atoms with van der Waals surface area (Å²) in [6.45, 7) is 3.78. The minimum absolute atomic E-state index is 0.355. The average Bonchev–Trinajstić information content (AvgIpc) is 2.21. The Kier molecular flexibility index (Phi) is 2.68.